The van der Waals surface area contributed by atoms with E-state index < -0.39 is 0 Å². The number of amides is 1. The molecule has 0 radical (unpaired) electrons. The minimum absolute atomic E-state index is 0.121. The molecule has 2 rings (SSSR count). The lowest BCUT2D eigenvalue weighted by molar-refractivity contribution is 0.102. The largest absolute Gasteiger partial charge is 0.491 e. The molecule has 1 aromatic heterocycles. The molecule has 0 aliphatic heterocycles. The fourth-order valence-corrected chi connectivity index (χ4v) is 2.12. The number of aromatic nitrogens is 1. The van der Waals surface area contributed by atoms with Crippen LogP contribution in [-0.4, -0.2) is 23.0 Å². The molecule has 1 heterocycles. The van der Waals surface area contributed by atoms with Crippen LogP contribution in [0, 0.1) is 0 Å². The van der Waals surface area contributed by atoms with Crippen molar-refractivity contribution in [3.05, 3.63) is 48.3 Å². The van der Waals surface area contributed by atoms with Gasteiger partial charge in [0, 0.05) is 23.6 Å². The Labute approximate surface area is 143 Å². The van der Waals surface area contributed by atoms with Crippen LogP contribution >= 0.6 is 0 Å². The van der Waals surface area contributed by atoms with Crippen molar-refractivity contribution >= 4 is 17.3 Å². The van der Waals surface area contributed by atoms with E-state index in [9.17, 15) is 4.79 Å². The Morgan fingerprint density at radius 1 is 1.12 bits per heavy atom. The molecule has 5 heteroatoms. The number of benzene rings is 1. The first-order valence-electron chi connectivity index (χ1n) is 8.28. The minimum Gasteiger partial charge on any atom is -0.491 e. The summed E-state index contributed by atoms with van der Waals surface area (Å²) in [5.41, 5.74) is 1.98. The molecule has 128 valence electrons. The zero-order valence-electron chi connectivity index (χ0n) is 14.7. The number of pyridine rings is 1. The summed E-state index contributed by atoms with van der Waals surface area (Å²) < 4.78 is 5.59. The van der Waals surface area contributed by atoms with Gasteiger partial charge in [-0.05, 0) is 63.6 Å². The summed E-state index contributed by atoms with van der Waals surface area (Å²) >= 11 is 0. The molecular formula is C19H25N3O2. The zero-order chi connectivity index (χ0) is 17.5. The Morgan fingerprint density at radius 3 is 2.46 bits per heavy atom. The van der Waals surface area contributed by atoms with Crippen molar-refractivity contribution in [3.8, 4) is 5.75 Å². The molecular weight excluding hydrogens is 302 g/mol. The van der Waals surface area contributed by atoms with Gasteiger partial charge >= 0.3 is 0 Å². The molecule has 1 atom stereocenters. The highest BCUT2D eigenvalue weighted by Gasteiger charge is 2.09. The SMILES string of the molecule is CCC(C)Nc1ccnc(C(=O)Nc2ccc(OC(C)C)cc2)c1. The van der Waals surface area contributed by atoms with Gasteiger partial charge in [-0.25, -0.2) is 0 Å². The van der Waals surface area contributed by atoms with Gasteiger partial charge in [-0.1, -0.05) is 6.92 Å². The smallest absolute Gasteiger partial charge is 0.274 e. The van der Waals surface area contributed by atoms with Crippen molar-refractivity contribution < 1.29 is 9.53 Å². The van der Waals surface area contributed by atoms with Gasteiger partial charge in [0.05, 0.1) is 6.10 Å². The van der Waals surface area contributed by atoms with Crippen molar-refractivity contribution in [2.45, 2.75) is 46.3 Å². The number of carbonyl (C=O) groups excluding carboxylic acids is 1. The second kappa shape index (κ2) is 8.34. The Kier molecular flexibility index (Phi) is 6.18. The summed E-state index contributed by atoms with van der Waals surface area (Å²) in [6, 6.07) is 11.3. The highest BCUT2D eigenvalue weighted by atomic mass is 16.5. The van der Waals surface area contributed by atoms with E-state index in [1.807, 2.05) is 44.2 Å². The van der Waals surface area contributed by atoms with E-state index >= 15 is 0 Å². The Balaban J connectivity index is 2.02. The van der Waals surface area contributed by atoms with E-state index in [4.69, 9.17) is 4.74 Å². The molecule has 0 saturated heterocycles. The van der Waals surface area contributed by atoms with Gasteiger partial charge in [0.1, 0.15) is 11.4 Å². The quantitative estimate of drug-likeness (QED) is 0.794. The third kappa shape index (κ3) is 5.26. The molecule has 0 fully saturated rings. The summed E-state index contributed by atoms with van der Waals surface area (Å²) in [7, 11) is 0. The van der Waals surface area contributed by atoms with Gasteiger partial charge in [-0.2, -0.15) is 0 Å². The first-order valence-corrected chi connectivity index (χ1v) is 8.28. The van der Waals surface area contributed by atoms with E-state index in [0.29, 0.717) is 17.4 Å². The Morgan fingerprint density at radius 2 is 1.83 bits per heavy atom. The maximum absolute atomic E-state index is 12.4. The van der Waals surface area contributed by atoms with Gasteiger partial charge < -0.3 is 15.4 Å². The fourth-order valence-electron chi connectivity index (χ4n) is 2.12. The number of hydrogen-bond acceptors (Lipinski definition) is 4. The number of rotatable bonds is 7. The summed E-state index contributed by atoms with van der Waals surface area (Å²) in [6.45, 7) is 8.16. The number of nitrogens with zero attached hydrogens (tertiary/aromatic N) is 1. The molecule has 1 unspecified atom stereocenters. The molecule has 5 nitrogen and oxygen atoms in total. The predicted molar refractivity (Wildman–Crippen MR) is 97.8 cm³/mol. The van der Waals surface area contributed by atoms with Crippen LogP contribution in [0.2, 0.25) is 0 Å². The lowest BCUT2D eigenvalue weighted by Crippen LogP contribution is -2.16. The first-order chi connectivity index (χ1) is 11.5. The molecule has 24 heavy (non-hydrogen) atoms. The Hall–Kier alpha value is -2.56. The maximum Gasteiger partial charge on any atom is 0.274 e. The number of anilines is 2. The average Bonchev–Trinajstić information content (AvgIpc) is 2.56. The lowest BCUT2D eigenvalue weighted by atomic mass is 10.2. The van der Waals surface area contributed by atoms with Gasteiger partial charge in [0.2, 0.25) is 0 Å². The van der Waals surface area contributed by atoms with Gasteiger partial charge in [0.25, 0.3) is 5.91 Å². The van der Waals surface area contributed by atoms with Crippen LogP contribution in [0.5, 0.6) is 5.75 Å². The first kappa shape index (κ1) is 17.8. The van der Waals surface area contributed by atoms with Crippen molar-refractivity contribution in [1.29, 1.82) is 0 Å². The number of ether oxygens (including phenoxy) is 1. The molecule has 2 aromatic rings. The van der Waals surface area contributed by atoms with Crippen LogP contribution in [0.15, 0.2) is 42.6 Å². The van der Waals surface area contributed by atoms with Crippen LogP contribution in [-0.2, 0) is 0 Å². The third-order valence-corrected chi connectivity index (χ3v) is 3.50. The van der Waals surface area contributed by atoms with Crippen LogP contribution in [0.25, 0.3) is 0 Å². The summed E-state index contributed by atoms with van der Waals surface area (Å²) in [4.78, 5) is 16.5. The molecule has 1 amide bonds. The zero-order valence-corrected chi connectivity index (χ0v) is 14.7. The second-order valence-electron chi connectivity index (χ2n) is 6.03. The molecule has 0 aliphatic carbocycles. The minimum atomic E-state index is -0.236. The van der Waals surface area contributed by atoms with E-state index in [0.717, 1.165) is 17.9 Å². The maximum atomic E-state index is 12.4. The standard InChI is InChI=1S/C19H25N3O2/c1-5-14(4)21-16-10-11-20-18(12-16)19(23)22-15-6-8-17(9-7-15)24-13(2)3/h6-14H,5H2,1-4H3,(H,20,21)(H,22,23). The van der Waals surface area contributed by atoms with Crippen LogP contribution in [0.4, 0.5) is 11.4 Å². The lowest BCUT2D eigenvalue weighted by Gasteiger charge is -2.13. The van der Waals surface area contributed by atoms with Gasteiger partial charge in [-0.15, -0.1) is 0 Å². The van der Waals surface area contributed by atoms with E-state index in [2.05, 4.69) is 29.5 Å². The highest BCUT2D eigenvalue weighted by molar-refractivity contribution is 6.03. The van der Waals surface area contributed by atoms with Crippen LogP contribution in [0.3, 0.4) is 0 Å². The number of hydrogen-bond donors (Lipinski definition) is 2. The number of carbonyl (C=O) groups is 1. The molecule has 0 bridgehead atoms. The summed E-state index contributed by atoms with van der Waals surface area (Å²) in [5.74, 6) is 0.543. The average molecular weight is 327 g/mol. The van der Waals surface area contributed by atoms with Crippen molar-refractivity contribution in [3.63, 3.8) is 0 Å². The van der Waals surface area contributed by atoms with Gasteiger partial charge in [-0.3, -0.25) is 9.78 Å². The molecule has 0 saturated carbocycles. The normalized spacial score (nSPS) is 11.9. The molecule has 2 N–H and O–H groups in total. The summed E-state index contributed by atoms with van der Waals surface area (Å²) in [6.07, 6.45) is 2.77. The van der Waals surface area contributed by atoms with E-state index in [1.165, 1.54) is 0 Å². The highest BCUT2D eigenvalue weighted by Crippen LogP contribution is 2.18. The molecule has 0 spiro atoms. The number of nitrogens with one attached hydrogen (secondary N) is 2. The Bertz CT molecular complexity index is 669. The fraction of sp³-hybridized carbons (Fsp3) is 0.368. The van der Waals surface area contributed by atoms with Crippen LogP contribution < -0.4 is 15.4 Å². The van der Waals surface area contributed by atoms with Crippen molar-refractivity contribution in [2.24, 2.45) is 0 Å². The topological polar surface area (TPSA) is 63.2 Å². The van der Waals surface area contributed by atoms with Gasteiger partial charge in [0.15, 0.2) is 0 Å². The third-order valence-electron chi connectivity index (χ3n) is 3.50. The molecule has 0 aliphatic rings. The molecule has 1 aromatic carbocycles. The van der Waals surface area contributed by atoms with E-state index in [-0.39, 0.29) is 12.0 Å². The second-order valence-corrected chi connectivity index (χ2v) is 6.03. The van der Waals surface area contributed by atoms with Crippen molar-refractivity contribution in [2.75, 3.05) is 10.6 Å². The van der Waals surface area contributed by atoms with Crippen LogP contribution in [0.1, 0.15) is 44.6 Å². The summed E-state index contributed by atoms with van der Waals surface area (Å²) in [5, 5.41) is 6.19. The predicted octanol–water partition coefficient (Wildman–Crippen LogP) is 4.33. The monoisotopic (exact) mass is 327 g/mol. The van der Waals surface area contributed by atoms with Crippen molar-refractivity contribution in [1.82, 2.24) is 4.98 Å². The van der Waals surface area contributed by atoms with E-state index in [1.54, 1.807) is 12.3 Å².